The summed E-state index contributed by atoms with van der Waals surface area (Å²) in [5.74, 6) is -0.533. The topological polar surface area (TPSA) is 88.0 Å². The van der Waals surface area contributed by atoms with Crippen molar-refractivity contribution in [1.82, 2.24) is 19.4 Å². The molecule has 3 heterocycles. The minimum absolute atomic E-state index is 0.126. The van der Waals surface area contributed by atoms with Crippen LogP contribution in [0.1, 0.15) is 28.7 Å². The summed E-state index contributed by atoms with van der Waals surface area (Å²) in [6.45, 7) is 4.05. The van der Waals surface area contributed by atoms with E-state index in [2.05, 4.69) is 20.9 Å². The van der Waals surface area contributed by atoms with Crippen LogP contribution in [-0.2, 0) is 19.6 Å². The average molecular weight is 431 g/mol. The Balaban J connectivity index is 1.59. The number of benzene rings is 1. The van der Waals surface area contributed by atoms with E-state index in [1.165, 1.54) is 18.5 Å². The van der Waals surface area contributed by atoms with Gasteiger partial charge in [0.25, 0.3) is 0 Å². The van der Waals surface area contributed by atoms with E-state index in [1.807, 2.05) is 10.8 Å². The Labute approximate surface area is 184 Å². The van der Waals surface area contributed by atoms with Crippen LogP contribution >= 0.6 is 0 Å². The average Bonchev–Trinajstić information content (AvgIpc) is 3.29. The van der Waals surface area contributed by atoms with Gasteiger partial charge in [0, 0.05) is 55.9 Å². The number of hydrogen-bond donors (Lipinski definition) is 0. The Morgan fingerprint density at radius 2 is 2.12 bits per heavy atom. The summed E-state index contributed by atoms with van der Waals surface area (Å²) in [7, 11) is 0. The van der Waals surface area contributed by atoms with Crippen LogP contribution in [0.15, 0.2) is 64.7 Å². The van der Waals surface area contributed by atoms with Crippen molar-refractivity contribution in [1.29, 1.82) is 5.26 Å². The highest BCUT2D eigenvalue weighted by molar-refractivity contribution is 5.82. The molecule has 0 spiro atoms. The zero-order valence-corrected chi connectivity index (χ0v) is 17.7. The molecule has 0 bridgehead atoms. The molecule has 0 saturated carbocycles. The maximum Gasteiger partial charge on any atom is 0.213 e. The molecule has 0 atom stereocenters. The van der Waals surface area contributed by atoms with Crippen molar-refractivity contribution in [3.8, 4) is 6.07 Å². The lowest BCUT2D eigenvalue weighted by molar-refractivity contribution is 0.245. The number of pyridine rings is 1. The quantitative estimate of drug-likeness (QED) is 0.395. The predicted octanol–water partition coefficient (Wildman–Crippen LogP) is 3.80. The molecule has 0 amide bonds. The monoisotopic (exact) mass is 431 g/mol. The van der Waals surface area contributed by atoms with Gasteiger partial charge in [0.2, 0.25) is 5.95 Å². The molecule has 0 fully saturated rings. The molecular formula is C24H22FN5O2. The molecule has 162 valence electrons. The molecule has 3 aromatic heterocycles. The van der Waals surface area contributed by atoms with Crippen LogP contribution in [0, 0.1) is 24.2 Å². The van der Waals surface area contributed by atoms with Crippen LogP contribution in [0.2, 0.25) is 0 Å². The number of rotatable bonds is 8. The van der Waals surface area contributed by atoms with Gasteiger partial charge < -0.3 is 8.98 Å². The number of fused-ring (bicyclic) bond motifs is 1. The first-order valence-corrected chi connectivity index (χ1v) is 10.3. The number of imidazole rings is 1. The van der Waals surface area contributed by atoms with Gasteiger partial charge in [0.1, 0.15) is 5.58 Å². The second-order valence-corrected chi connectivity index (χ2v) is 7.67. The summed E-state index contributed by atoms with van der Waals surface area (Å²) in [5, 5.41) is 9.67. The minimum atomic E-state index is -0.533. The summed E-state index contributed by atoms with van der Waals surface area (Å²) >= 11 is 0. The van der Waals surface area contributed by atoms with Gasteiger partial charge in [-0.1, -0.05) is 0 Å². The van der Waals surface area contributed by atoms with E-state index in [0.717, 1.165) is 18.5 Å². The second kappa shape index (κ2) is 9.54. The van der Waals surface area contributed by atoms with Crippen molar-refractivity contribution >= 4 is 11.0 Å². The minimum Gasteiger partial charge on any atom is -0.463 e. The molecule has 7 nitrogen and oxygen atoms in total. The van der Waals surface area contributed by atoms with Gasteiger partial charge in [0.05, 0.1) is 29.6 Å². The molecule has 0 radical (unpaired) electrons. The zero-order chi connectivity index (χ0) is 22.5. The molecule has 0 N–H and O–H groups in total. The van der Waals surface area contributed by atoms with Crippen molar-refractivity contribution in [2.45, 2.75) is 33.0 Å². The Hall–Kier alpha value is -3.83. The first-order chi connectivity index (χ1) is 15.5. The predicted molar refractivity (Wildman–Crippen MR) is 117 cm³/mol. The van der Waals surface area contributed by atoms with Gasteiger partial charge in [-0.2, -0.15) is 9.65 Å². The SMILES string of the molecule is Cc1c(C#N)ccc2c(=O)c(CN(CCCn3ccnc3)Cc3ccnc(F)c3)coc12. The standard InChI is InChI=1S/C24H22FN5O2/c1-17-19(12-26)3-4-21-23(31)20(15-32-24(17)21)14-30(9-2-8-29-10-7-27-16-29)13-18-5-6-28-22(25)11-18/h3-7,10-11,15-16H,2,8-9,13-14H2,1H3. The van der Waals surface area contributed by atoms with Crippen molar-refractivity contribution < 1.29 is 8.81 Å². The zero-order valence-electron chi connectivity index (χ0n) is 17.7. The molecule has 0 unspecified atom stereocenters. The van der Waals surface area contributed by atoms with Crippen molar-refractivity contribution in [3.63, 3.8) is 0 Å². The van der Waals surface area contributed by atoms with Crippen LogP contribution in [0.3, 0.4) is 0 Å². The van der Waals surface area contributed by atoms with Gasteiger partial charge >= 0.3 is 0 Å². The van der Waals surface area contributed by atoms with Gasteiger partial charge in [0.15, 0.2) is 5.43 Å². The Kier molecular flexibility index (Phi) is 6.38. The molecule has 8 heteroatoms. The number of aryl methyl sites for hydroxylation is 2. The Bertz CT molecular complexity index is 1320. The van der Waals surface area contributed by atoms with Crippen molar-refractivity contribution in [3.05, 3.63) is 93.9 Å². The van der Waals surface area contributed by atoms with Crippen molar-refractivity contribution in [2.75, 3.05) is 6.54 Å². The number of hydrogen-bond acceptors (Lipinski definition) is 6. The lowest BCUT2D eigenvalue weighted by Gasteiger charge is -2.22. The normalized spacial score (nSPS) is 11.2. The molecule has 0 aliphatic carbocycles. The lowest BCUT2D eigenvalue weighted by atomic mass is 10.0. The van der Waals surface area contributed by atoms with E-state index in [9.17, 15) is 14.4 Å². The highest BCUT2D eigenvalue weighted by Crippen LogP contribution is 2.20. The van der Waals surface area contributed by atoms with Crippen LogP contribution in [-0.4, -0.2) is 26.0 Å². The summed E-state index contributed by atoms with van der Waals surface area (Å²) in [6, 6.07) is 8.55. The van der Waals surface area contributed by atoms with E-state index in [-0.39, 0.29) is 5.43 Å². The third-order valence-corrected chi connectivity index (χ3v) is 5.42. The molecule has 0 aliphatic heterocycles. The highest BCUT2D eigenvalue weighted by atomic mass is 19.1. The molecular weight excluding hydrogens is 409 g/mol. The molecule has 1 aromatic carbocycles. The molecule has 4 rings (SSSR count). The fourth-order valence-electron chi connectivity index (χ4n) is 3.76. The van der Waals surface area contributed by atoms with Crippen LogP contribution in [0.4, 0.5) is 4.39 Å². The molecule has 0 aliphatic rings. The fraction of sp³-hybridized carbons (Fsp3) is 0.250. The lowest BCUT2D eigenvalue weighted by Crippen LogP contribution is -2.27. The van der Waals surface area contributed by atoms with Crippen LogP contribution in [0.25, 0.3) is 11.0 Å². The van der Waals surface area contributed by atoms with Crippen LogP contribution in [0.5, 0.6) is 0 Å². The largest absolute Gasteiger partial charge is 0.463 e. The summed E-state index contributed by atoms with van der Waals surface area (Å²) in [5.41, 5.74) is 2.73. The van der Waals surface area contributed by atoms with Gasteiger partial charge in [-0.25, -0.2) is 9.97 Å². The molecule has 4 aromatic rings. The maximum absolute atomic E-state index is 13.6. The molecule has 32 heavy (non-hydrogen) atoms. The van der Waals surface area contributed by atoms with Crippen molar-refractivity contribution in [2.24, 2.45) is 0 Å². The van der Waals surface area contributed by atoms with Gasteiger partial charge in [-0.3, -0.25) is 9.69 Å². The van der Waals surface area contributed by atoms with Crippen LogP contribution < -0.4 is 5.43 Å². The summed E-state index contributed by atoms with van der Waals surface area (Å²) in [6.07, 6.45) is 9.13. The fourth-order valence-corrected chi connectivity index (χ4v) is 3.76. The van der Waals surface area contributed by atoms with E-state index in [1.54, 1.807) is 37.6 Å². The maximum atomic E-state index is 13.6. The Morgan fingerprint density at radius 1 is 1.25 bits per heavy atom. The van der Waals surface area contributed by atoms with E-state index < -0.39 is 5.95 Å². The number of halogens is 1. The van der Waals surface area contributed by atoms with E-state index in [4.69, 9.17) is 4.42 Å². The smallest absolute Gasteiger partial charge is 0.213 e. The second-order valence-electron chi connectivity index (χ2n) is 7.67. The van der Waals surface area contributed by atoms with E-state index >= 15 is 0 Å². The summed E-state index contributed by atoms with van der Waals surface area (Å²) < 4.78 is 21.4. The number of nitrogens with zero attached hydrogens (tertiary/aromatic N) is 5. The highest BCUT2D eigenvalue weighted by Gasteiger charge is 2.15. The number of aromatic nitrogens is 3. The molecule has 0 saturated heterocycles. The van der Waals surface area contributed by atoms with Gasteiger partial charge in [-0.05, 0) is 43.2 Å². The third kappa shape index (κ3) is 4.74. The summed E-state index contributed by atoms with van der Waals surface area (Å²) in [4.78, 5) is 22.9. The first-order valence-electron chi connectivity index (χ1n) is 10.3. The first kappa shape index (κ1) is 21.4. The van der Waals surface area contributed by atoms with Gasteiger partial charge in [-0.15, -0.1) is 0 Å². The number of nitriles is 1. The third-order valence-electron chi connectivity index (χ3n) is 5.42. The Morgan fingerprint density at radius 3 is 2.88 bits per heavy atom. The van der Waals surface area contributed by atoms with E-state index in [0.29, 0.717) is 47.3 Å².